The molecule has 0 atom stereocenters. The lowest BCUT2D eigenvalue weighted by atomic mass is 10.2. The summed E-state index contributed by atoms with van der Waals surface area (Å²) in [5.74, 6) is -0.159. The summed E-state index contributed by atoms with van der Waals surface area (Å²) in [5, 5.41) is 1.72. The predicted molar refractivity (Wildman–Crippen MR) is 126 cm³/mol. The number of hydrogen-bond acceptors (Lipinski definition) is 5. The Morgan fingerprint density at radius 3 is 2.50 bits per heavy atom. The monoisotopic (exact) mass is 449 g/mol. The zero-order valence-corrected chi connectivity index (χ0v) is 18.4. The van der Waals surface area contributed by atoms with Gasteiger partial charge in [0.15, 0.2) is 10.1 Å². The van der Waals surface area contributed by atoms with Crippen LogP contribution in [-0.4, -0.2) is 15.9 Å². The largest absolute Gasteiger partial charge is 0.289 e. The number of fused-ring (bicyclic) bond motifs is 2. The molecule has 0 saturated heterocycles. The van der Waals surface area contributed by atoms with Crippen LogP contribution in [0.15, 0.2) is 66.7 Å². The van der Waals surface area contributed by atoms with Crippen molar-refractivity contribution in [3.8, 4) is 0 Å². The van der Waals surface area contributed by atoms with Crippen molar-refractivity contribution in [3.63, 3.8) is 0 Å². The summed E-state index contributed by atoms with van der Waals surface area (Å²) in [6.07, 6.45) is 0. The molecule has 0 radical (unpaired) electrons. The first-order valence-electron chi connectivity index (χ1n) is 9.37. The average Bonchev–Trinajstić information content (AvgIpc) is 3.40. The number of benzene rings is 3. The molecule has 148 valence electrons. The first-order chi connectivity index (χ1) is 14.6. The number of carbonyl (C=O) groups excluding carboxylic acids is 1. The molecule has 5 aromatic rings. The Hall–Kier alpha value is -2.80. The summed E-state index contributed by atoms with van der Waals surface area (Å²) in [6, 6.07) is 21.5. The summed E-state index contributed by atoms with van der Waals surface area (Å²) in [5.41, 5.74) is 3.71. The molecule has 5 rings (SSSR count). The molecule has 0 spiro atoms. The Kier molecular flexibility index (Phi) is 4.98. The van der Waals surface area contributed by atoms with E-state index in [9.17, 15) is 4.79 Å². The maximum absolute atomic E-state index is 13.6. The molecule has 0 fully saturated rings. The number of halogens is 1. The van der Waals surface area contributed by atoms with E-state index in [1.54, 1.807) is 4.90 Å². The number of rotatable bonds is 4. The highest BCUT2D eigenvalue weighted by Crippen LogP contribution is 2.37. The Labute approximate surface area is 186 Å². The predicted octanol–water partition coefficient (Wildman–Crippen LogP) is 6.71. The smallest absolute Gasteiger partial charge is 0.277 e. The van der Waals surface area contributed by atoms with Crippen LogP contribution in [0.5, 0.6) is 0 Å². The van der Waals surface area contributed by atoms with Crippen LogP contribution in [0.4, 0.5) is 5.13 Å². The summed E-state index contributed by atoms with van der Waals surface area (Å²) in [6.45, 7) is 2.41. The van der Waals surface area contributed by atoms with Crippen LogP contribution in [-0.2, 0) is 6.54 Å². The summed E-state index contributed by atoms with van der Waals surface area (Å²) < 4.78 is 1.88. The van der Waals surface area contributed by atoms with Gasteiger partial charge in [0.05, 0.1) is 32.0 Å². The van der Waals surface area contributed by atoms with E-state index in [2.05, 4.69) is 4.98 Å². The number of aryl methyl sites for hydroxylation is 1. The van der Waals surface area contributed by atoms with Gasteiger partial charge < -0.3 is 0 Å². The van der Waals surface area contributed by atoms with Crippen LogP contribution < -0.4 is 4.90 Å². The van der Waals surface area contributed by atoms with Gasteiger partial charge >= 0.3 is 0 Å². The van der Waals surface area contributed by atoms with Crippen molar-refractivity contribution in [1.29, 1.82) is 0 Å². The molecule has 7 heteroatoms. The van der Waals surface area contributed by atoms with E-state index in [0.29, 0.717) is 21.7 Å². The zero-order valence-electron chi connectivity index (χ0n) is 16.0. The van der Waals surface area contributed by atoms with Crippen LogP contribution in [0.3, 0.4) is 0 Å². The summed E-state index contributed by atoms with van der Waals surface area (Å²) >= 11 is 9.25. The minimum atomic E-state index is -0.159. The number of carbonyl (C=O) groups is 1. The van der Waals surface area contributed by atoms with Gasteiger partial charge in [-0.25, -0.2) is 9.97 Å². The Morgan fingerprint density at radius 1 is 0.967 bits per heavy atom. The summed E-state index contributed by atoms with van der Waals surface area (Å²) in [4.78, 5) is 24.6. The molecule has 0 aliphatic heterocycles. The molecule has 0 saturated carbocycles. The molecule has 0 N–H and O–H groups in total. The first-order valence-corrected chi connectivity index (χ1v) is 11.4. The van der Waals surface area contributed by atoms with Gasteiger partial charge in [-0.2, -0.15) is 0 Å². The molecule has 2 heterocycles. The fourth-order valence-corrected chi connectivity index (χ4v) is 5.51. The zero-order chi connectivity index (χ0) is 20.7. The van der Waals surface area contributed by atoms with Crippen LogP contribution in [0.25, 0.3) is 20.4 Å². The Balaban J connectivity index is 1.62. The molecule has 0 bridgehead atoms. The molecule has 0 aliphatic carbocycles. The van der Waals surface area contributed by atoms with E-state index in [0.717, 1.165) is 31.6 Å². The minimum Gasteiger partial charge on any atom is -0.277 e. The van der Waals surface area contributed by atoms with Crippen molar-refractivity contribution >= 4 is 65.7 Å². The van der Waals surface area contributed by atoms with Gasteiger partial charge in [0, 0.05) is 0 Å². The number of para-hydroxylation sites is 1. The summed E-state index contributed by atoms with van der Waals surface area (Å²) in [7, 11) is 0. The molecule has 2 aromatic heterocycles. The molecule has 30 heavy (non-hydrogen) atoms. The average molecular weight is 450 g/mol. The van der Waals surface area contributed by atoms with Gasteiger partial charge in [0.1, 0.15) is 0 Å². The lowest BCUT2D eigenvalue weighted by Crippen LogP contribution is -2.30. The maximum Gasteiger partial charge on any atom is 0.289 e. The standard InChI is InChI=1S/C23H16ClN3OS2/c1-14-11-12-16(24)20-19(14)26-23(30-20)27(13-15-7-3-2-4-8-15)22(28)21-25-17-9-5-6-10-18(17)29-21/h2-12H,13H2,1H3. The number of thiazole rings is 2. The normalized spacial score (nSPS) is 11.3. The molecule has 0 unspecified atom stereocenters. The molecule has 3 aromatic carbocycles. The molecule has 4 nitrogen and oxygen atoms in total. The van der Waals surface area contributed by atoms with Crippen molar-refractivity contribution in [2.75, 3.05) is 4.90 Å². The molecule has 0 aliphatic rings. The fourth-order valence-electron chi connectivity index (χ4n) is 3.28. The number of nitrogens with zero attached hydrogens (tertiary/aromatic N) is 3. The van der Waals surface area contributed by atoms with Gasteiger partial charge in [-0.15, -0.1) is 11.3 Å². The quantitative estimate of drug-likeness (QED) is 0.306. The number of amides is 1. The maximum atomic E-state index is 13.6. The Morgan fingerprint density at radius 2 is 1.73 bits per heavy atom. The van der Waals surface area contributed by atoms with Crippen molar-refractivity contribution in [2.45, 2.75) is 13.5 Å². The van der Waals surface area contributed by atoms with Crippen molar-refractivity contribution in [2.24, 2.45) is 0 Å². The third-order valence-corrected chi connectivity index (χ3v) is 7.39. The number of hydrogen-bond donors (Lipinski definition) is 0. The second-order valence-electron chi connectivity index (χ2n) is 6.90. The second kappa shape index (κ2) is 7.80. The fraction of sp³-hybridized carbons (Fsp3) is 0.0870. The highest BCUT2D eigenvalue weighted by atomic mass is 35.5. The van der Waals surface area contributed by atoms with Gasteiger partial charge in [-0.05, 0) is 36.2 Å². The topological polar surface area (TPSA) is 46.1 Å². The molecular formula is C23H16ClN3OS2. The number of aromatic nitrogens is 2. The molecular weight excluding hydrogens is 434 g/mol. The lowest BCUT2D eigenvalue weighted by Gasteiger charge is -2.18. The number of anilines is 1. The van der Waals surface area contributed by atoms with Crippen molar-refractivity contribution in [1.82, 2.24) is 9.97 Å². The highest BCUT2D eigenvalue weighted by molar-refractivity contribution is 7.23. The second-order valence-corrected chi connectivity index (χ2v) is 9.32. The third-order valence-electron chi connectivity index (χ3n) is 4.82. The van der Waals surface area contributed by atoms with Gasteiger partial charge in [-0.1, -0.05) is 71.5 Å². The first kappa shape index (κ1) is 19.2. The van der Waals surface area contributed by atoms with Crippen LogP contribution in [0, 0.1) is 6.92 Å². The van der Waals surface area contributed by atoms with Crippen LogP contribution in [0.1, 0.15) is 20.9 Å². The van der Waals surface area contributed by atoms with E-state index in [4.69, 9.17) is 16.6 Å². The molecule has 1 amide bonds. The van der Waals surface area contributed by atoms with Gasteiger partial charge in [0.25, 0.3) is 5.91 Å². The van der Waals surface area contributed by atoms with Crippen molar-refractivity contribution < 1.29 is 4.79 Å². The SMILES string of the molecule is Cc1ccc(Cl)c2sc(N(Cc3ccccc3)C(=O)c3nc4ccccc4s3)nc12. The van der Waals surface area contributed by atoms with Gasteiger partial charge in [-0.3, -0.25) is 9.69 Å². The van der Waals surface area contributed by atoms with E-state index >= 15 is 0 Å². The lowest BCUT2D eigenvalue weighted by molar-refractivity contribution is 0.0985. The van der Waals surface area contributed by atoms with Crippen molar-refractivity contribution in [3.05, 3.63) is 87.9 Å². The van der Waals surface area contributed by atoms with Gasteiger partial charge in [0.2, 0.25) is 0 Å². The van der Waals surface area contributed by atoms with E-state index in [1.807, 2.05) is 73.7 Å². The van der Waals surface area contributed by atoms with E-state index < -0.39 is 0 Å². The minimum absolute atomic E-state index is 0.159. The third kappa shape index (κ3) is 3.47. The van der Waals surface area contributed by atoms with Crippen LogP contribution in [0.2, 0.25) is 5.02 Å². The Bertz CT molecular complexity index is 1310. The van der Waals surface area contributed by atoms with Crippen LogP contribution >= 0.6 is 34.3 Å². The van der Waals surface area contributed by atoms with E-state index in [-0.39, 0.29) is 5.91 Å². The van der Waals surface area contributed by atoms with E-state index in [1.165, 1.54) is 22.7 Å². The highest BCUT2D eigenvalue weighted by Gasteiger charge is 2.25.